The quantitative estimate of drug-likeness (QED) is 0.203. The molecule has 9 aromatic rings. The molecule has 3 heteroatoms. The number of para-hydroxylation sites is 4. The summed E-state index contributed by atoms with van der Waals surface area (Å²) in [5, 5.41) is 4.52. The lowest BCUT2D eigenvalue weighted by Gasteiger charge is -2.27. The lowest BCUT2D eigenvalue weighted by atomic mass is 10.0. The van der Waals surface area contributed by atoms with E-state index < -0.39 is 0 Å². The molecule has 0 fully saturated rings. The van der Waals surface area contributed by atoms with Crippen molar-refractivity contribution >= 4 is 60.8 Å². The number of benzene rings is 7. The van der Waals surface area contributed by atoms with E-state index in [1.807, 2.05) is 6.07 Å². The molecule has 0 amide bonds. The zero-order chi connectivity index (χ0) is 29.7. The van der Waals surface area contributed by atoms with Gasteiger partial charge in [0, 0.05) is 38.6 Å². The number of nitrogens with zero attached hydrogens (tertiary/aromatic N) is 2. The van der Waals surface area contributed by atoms with Gasteiger partial charge in [-0.3, -0.25) is 0 Å². The van der Waals surface area contributed by atoms with Gasteiger partial charge in [-0.05, 0) is 65.7 Å². The molecule has 0 unspecified atom stereocenters. The van der Waals surface area contributed by atoms with E-state index in [9.17, 15) is 0 Å². The van der Waals surface area contributed by atoms with E-state index in [1.54, 1.807) is 0 Å². The minimum Gasteiger partial charge on any atom is -0.454 e. The van der Waals surface area contributed by atoms with E-state index in [-0.39, 0.29) is 0 Å². The van der Waals surface area contributed by atoms with Crippen LogP contribution in [0.4, 0.5) is 17.1 Å². The number of hydrogen-bond donors (Lipinski definition) is 0. The highest BCUT2D eigenvalue weighted by atomic mass is 16.3. The second kappa shape index (κ2) is 10.3. The average Bonchev–Trinajstić information content (AvgIpc) is 3.66. The van der Waals surface area contributed by atoms with Crippen molar-refractivity contribution in [3.8, 4) is 16.8 Å². The standard InChI is InChI=1S/C42H28N2O/c1-4-14-29(15-5-1)30-24-26-33(27-25-30)43(31-16-6-2-7-17-31)38-28-36-34-20-11-13-23-39(34)45-42(36)41-40(38)35-21-10-12-22-37(35)44(41)32-18-8-3-9-19-32/h1-28H. The van der Waals surface area contributed by atoms with Crippen LogP contribution in [0.25, 0.3) is 60.6 Å². The summed E-state index contributed by atoms with van der Waals surface area (Å²) < 4.78 is 9.09. The van der Waals surface area contributed by atoms with Crippen molar-refractivity contribution in [2.45, 2.75) is 0 Å². The van der Waals surface area contributed by atoms with Crippen molar-refractivity contribution in [2.75, 3.05) is 4.90 Å². The molecule has 9 rings (SSSR count). The van der Waals surface area contributed by atoms with Crippen LogP contribution in [0.5, 0.6) is 0 Å². The molecular weight excluding hydrogens is 548 g/mol. The van der Waals surface area contributed by atoms with E-state index in [0.29, 0.717) is 0 Å². The molecule has 0 aliphatic rings. The van der Waals surface area contributed by atoms with Crippen LogP contribution in [0.3, 0.4) is 0 Å². The molecular formula is C42H28N2O. The first-order chi connectivity index (χ1) is 22.3. The van der Waals surface area contributed by atoms with Gasteiger partial charge in [0.15, 0.2) is 5.58 Å². The van der Waals surface area contributed by atoms with Gasteiger partial charge in [-0.15, -0.1) is 0 Å². The van der Waals surface area contributed by atoms with E-state index in [0.717, 1.165) is 61.1 Å². The van der Waals surface area contributed by atoms with E-state index >= 15 is 0 Å². The lowest BCUT2D eigenvalue weighted by Crippen LogP contribution is -2.10. The van der Waals surface area contributed by atoms with Crippen LogP contribution in [0.1, 0.15) is 0 Å². The highest BCUT2D eigenvalue weighted by Gasteiger charge is 2.25. The summed E-state index contributed by atoms with van der Waals surface area (Å²) in [6.45, 7) is 0. The maximum Gasteiger partial charge on any atom is 0.160 e. The van der Waals surface area contributed by atoms with E-state index in [4.69, 9.17) is 4.42 Å². The van der Waals surface area contributed by atoms with Crippen molar-refractivity contribution < 1.29 is 4.42 Å². The first-order valence-corrected chi connectivity index (χ1v) is 15.3. The summed E-state index contributed by atoms with van der Waals surface area (Å²) in [6, 6.07) is 60.1. The van der Waals surface area contributed by atoms with Gasteiger partial charge in [0.2, 0.25) is 0 Å². The number of aromatic nitrogens is 1. The third-order valence-corrected chi connectivity index (χ3v) is 8.76. The number of hydrogen-bond acceptors (Lipinski definition) is 2. The van der Waals surface area contributed by atoms with Gasteiger partial charge < -0.3 is 13.9 Å². The molecule has 0 aliphatic heterocycles. The second-order valence-electron chi connectivity index (χ2n) is 11.4. The highest BCUT2D eigenvalue weighted by molar-refractivity contribution is 6.26. The third kappa shape index (κ3) is 4.05. The fourth-order valence-corrected chi connectivity index (χ4v) is 6.77. The van der Waals surface area contributed by atoms with Gasteiger partial charge in [0.05, 0.1) is 16.7 Å². The normalized spacial score (nSPS) is 11.6. The van der Waals surface area contributed by atoms with Crippen LogP contribution < -0.4 is 4.90 Å². The van der Waals surface area contributed by atoms with Crippen LogP contribution in [-0.2, 0) is 0 Å². The van der Waals surface area contributed by atoms with Crippen LogP contribution in [-0.4, -0.2) is 4.57 Å². The Morgan fingerprint density at radius 1 is 0.467 bits per heavy atom. The molecule has 7 aromatic carbocycles. The zero-order valence-electron chi connectivity index (χ0n) is 24.5. The summed E-state index contributed by atoms with van der Waals surface area (Å²) in [5.41, 5.74) is 10.8. The summed E-state index contributed by atoms with van der Waals surface area (Å²) >= 11 is 0. The Morgan fingerprint density at radius 3 is 1.80 bits per heavy atom. The molecule has 2 heterocycles. The number of furan rings is 1. The molecule has 0 aliphatic carbocycles. The minimum absolute atomic E-state index is 0.884. The largest absolute Gasteiger partial charge is 0.454 e. The zero-order valence-corrected chi connectivity index (χ0v) is 24.5. The van der Waals surface area contributed by atoms with Crippen molar-refractivity contribution in [1.29, 1.82) is 0 Å². The number of anilines is 3. The molecule has 0 spiro atoms. The van der Waals surface area contributed by atoms with Crippen molar-refractivity contribution in [2.24, 2.45) is 0 Å². The highest BCUT2D eigenvalue weighted by Crippen LogP contribution is 2.48. The molecule has 2 aromatic heterocycles. The molecule has 0 saturated heterocycles. The molecule has 212 valence electrons. The Morgan fingerprint density at radius 2 is 1.04 bits per heavy atom. The molecule has 3 nitrogen and oxygen atoms in total. The van der Waals surface area contributed by atoms with Gasteiger partial charge in [0.25, 0.3) is 0 Å². The second-order valence-corrected chi connectivity index (χ2v) is 11.4. The molecule has 0 N–H and O–H groups in total. The molecule has 0 bridgehead atoms. The number of fused-ring (bicyclic) bond motifs is 7. The van der Waals surface area contributed by atoms with Gasteiger partial charge in [0.1, 0.15) is 5.58 Å². The third-order valence-electron chi connectivity index (χ3n) is 8.76. The van der Waals surface area contributed by atoms with Crippen molar-refractivity contribution in [3.63, 3.8) is 0 Å². The van der Waals surface area contributed by atoms with Crippen molar-refractivity contribution in [3.05, 3.63) is 170 Å². The van der Waals surface area contributed by atoms with Crippen LogP contribution in [0, 0.1) is 0 Å². The molecule has 0 radical (unpaired) electrons. The Labute approximate surface area is 260 Å². The lowest BCUT2D eigenvalue weighted by molar-refractivity contribution is 0.671. The van der Waals surface area contributed by atoms with Gasteiger partial charge in [-0.25, -0.2) is 0 Å². The molecule has 45 heavy (non-hydrogen) atoms. The summed E-state index contributed by atoms with van der Waals surface area (Å²) in [6.07, 6.45) is 0. The van der Waals surface area contributed by atoms with Crippen molar-refractivity contribution in [1.82, 2.24) is 4.57 Å². The Hall–Kier alpha value is -6.06. The first kappa shape index (κ1) is 25.4. The summed E-state index contributed by atoms with van der Waals surface area (Å²) in [4.78, 5) is 2.39. The van der Waals surface area contributed by atoms with Gasteiger partial charge in [-0.1, -0.05) is 115 Å². The molecule has 0 saturated carbocycles. The Bertz CT molecular complexity index is 2460. The smallest absolute Gasteiger partial charge is 0.160 e. The minimum atomic E-state index is 0.884. The van der Waals surface area contributed by atoms with E-state index in [1.165, 1.54) is 16.5 Å². The summed E-state index contributed by atoms with van der Waals surface area (Å²) in [5.74, 6) is 0. The van der Waals surface area contributed by atoms with E-state index in [2.05, 4.69) is 173 Å². The molecule has 0 atom stereocenters. The Kier molecular flexibility index (Phi) is 5.82. The van der Waals surface area contributed by atoms with Crippen LogP contribution in [0.2, 0.25) is 0 Å². The topological polar surface area (TPSA) is 21.3 Å². The van der Waals surface area contributed by atoms with Gasteiger partial charge in [-0.2, -0.15) is 0 Å². The van der Waals surface area contributed by atoms with Crippen LogP contribution >= 0.6 is 0 Å². The SMILES string of the molecule is c1ccc(-c2ccc(N(c3ccccc3)c3cc4c5ccccc5oc4c4c3c3ccccc3n4-c3ccccc3)cc2)cc1. The monoisotopic (exact) mass is 576 g/mol. The number of rotatable bonds is 5. The van der Waals surface area contributed by atoms with Crippen LogP contribution in [0.15, 0.2) is 174 Å². The fraction of sp³-hybridized carbons (Fsp3) is 0. The first-order valence-electron chi connectivity index (χ1n) is 15.3. The fourth-order valence-electron chi connectivity index (χ4n) is 6.77. The maximum atomic E-state index is 6.73. The predicted molar refractivity (Wildman–Crippen MR) is 188 cm³/mol. The Balaban J connectivity index is 1.42. The predicted octanol–water partition coefficient (Wildman–Crippen LogP) is 11.8. The van der Waals surface area contributed by atoms with Gasteiger partial charge >= 0.3 is 0 Å². The maximum absolute atomic E-state index is 6.73. The average molecular weight is 577 g/mol. The summed E-state index contributed by atoms with van der Waals surface area (Å²) in [7, 11) is 0.